The van der Waals surface area contributed by atoms with Gasteiger partial charge in [-0.15, -0.1) is 0 Å². The molecule has 0 radical (unpaired) electrons. The highest BCUT2D eigenvalue weighted by Gasteiger charge is 2.35. The van der Waals surface area contributed by atoms with E-state index in [9.17, 15) is 0 Å². The molecule has 0 bridgehead atoms. The molecule has 2 unspecified atom stereocenters. The summed E-state index contributed by atoms with van der Waals surface area (Å²) in [6, 6.07) is 10.5. The lowest BCUT2D eigenvalue weighted by atomic mass is 9.91. The highest BCUT2D eigenvalue weighted by atomic mass is 15.2. The molecule has 108 valence electrons. The zero-order chi connectivity index (χ0) is 14.8. The molecule has 20 heavy (non-hydrogen) atoms. The van der Waals surface area contributed by atoms with Crippen molar-refractivity contribution < 1.29 is 0 Å². The van der Waals surface area contributed by atoms with Crippen molar-refractivity contribution in [2.24, 2.45) is 5.73 Å². The minimum Gasteiger partial charge on any atom is -0.326 e. The molecule has 2 atom stereocenters. The molecule has 0 aromatic heterocycles. The summed E-state index contributed by atoms with van der Waals surface area (Å²) in [5.74, 6) is 0. The Morgan fingerprint density at radius 1 is 1.30 bits per heavy atom. The zero-order valence-corrected chi connectivity index (χ0v) is 12.8. The molecule has 1 aromatic rings. The zero-order valence-electron chi connectivity index (χ0n) is 12.8. The molecule has 2 N–H and O–H groups in total. The van der Waals surface area contributed by atoms with Gasteiger partial charge in [0.15, 0.2) is 0 Å². The van der Waals surface area contributed by atoms with Gasteiger partial charge in [-0.1, -0.05) is 18.6 Å². The van der Waals surface area contributed by atoms with Gasteiger partial charge in [0.05, 0.1) is 17.7 Å². The maximum absolute atomic E-state index is 9.11. The highest BCUT2D eigenvalue weighted by molar-refractivity contribution is 5.35. The van der Waals surface area contributed by atoms with E-state index in [0.717, 1.165) is 13.0 Å². The third kappa shape index (κ3) is 3.20. The van der Waals surface area contributed by atoms with Crippen LogP contribution in [0.3, 0.4) is 0 Å². The van der Waals surface area contributed by atoms with Crippen LogP contribution in [0.4, 0.5) is 0 Å². The number of nitrogens with zero attached hydrogens (tertiary/aromatic N) is 2. The van der Waals surface area contributed by atoms with Gasteiger partial charge in [-0.2, -0.15) is 5.26 Å². The summed E-state index contributed by atoms with van der Waals surface area (Å²) in [6.45, 7) is 7.79. The van der Waals surface area contributed by atoms with Gasteiger partial charge in [0.1, 0.15) is 0 Å². The molecule has 3 heteroatoms. The molecule has 2 rings (SSSR count). The van der Waals surface area contributed by atoms with Crippen molar-refractivity contribution in [3.05, 3.63) is 35.4 Å². The third-order valence-electron chi connectivity index (χ3n) is 4.15. The highest BCUT2D eigenvalue weighted by Crippen LogP contribution is 2.34. The van der Waals surface area contributed by atoms with Crippen molar-refractivity contribution in [2.45, 2.75) is 57.7 Å². The largest absolute Gasteiger partial charge is 0.326 e. The lowest BCUT2D eigenvalue weighted by Gasteiger charge is -2.43. The minimum absolute atomic E-state index is 0.0786. The fourth-order valence-corrected chi connectivity index (χ4v) is 3.16. The Kier molecular flexibility index (Phi) is 4.47. The molecule has 1 heterocycles. The average molecular weight is 271 g/mol. The second-order valence-electron chi connectivity index (χ2n) is 6.71. The summed E-state index contributed by atoms with van der Waals surface area (Å²) in [5, 5.41) is 9.11. The van der Waals surface area contributed by atoms with Crippen LogP contribution in [0.5, 0.6) is 0 Å². The van der Waals surface area contributed by atoms with Gasteiger partial charge >= 0.3 is 0 Å². The van der Waals surface area contributed by atoms with Crippen molar-refractivity contribution >= 4 is 0 Å². The molecule has 1 saturated heterocycles. The van der Waals surface area contributed by atoms with Crippen LogP contribution in [0.15, 0.2) is 24.3 Å². The monoisotopic (exact) mass is 271 g/mol. The molecule has 1 aliphatic heterocycles. The van der Waals surface area contributed by atoms with Crippen molar-refractivity contribution in [1.82, 2.24) is 4.90 Å². The first-order valence-corrected chi connectivity index (χ1v) is 7.46. The number of nitrogens with two attached hydrogens (primary N) is 1. The quantitative estimate of drug-likeness (QED) is 0.853. The first-order valence-electron chi connectivity index (χ1n) is 7.46. The number of likely N-dealkylation sites (tertiary alicyclic amines) is 1. The van der Waals surface area contributed by atoms with Crippen molar-refractivity contribution in [2.75, 3.05) is 6.54 Å². The Balaban J connectivity index is 2.43. The molecule has 3 nitrogen and oxygen atoms in total. The van der Waals surface area contributed by atoms with Gasteiger partial charge in [-0.3, -0.25) is 4.90 Å². The van der Waals surface area contributed by atoms with Gasteiger partial charge in [-0.05, 0) is 57.9 Å². The van der Waals surface area contributed by atoms with E-state index in [1.54, 1.807) is 0 Å². The summed E-state index contributed by atoms with van der Waals surface area (Å²) >= 11 is 0. The van der Waals surface area contributed by atoms with Gasteiger partial charge in [0, 0.05) is 11.6 Å². The van der Waals surface area contributed by atoms with Crippen LogP contribution in [0.2, 0.25) is 0 Å². The maximum atomic E-state index is 9.11. The number of nitriles is 1. The van der Waals surface area contributed by atoms with Crippen LogP contribution >= 0.6 is 0 Å². The fourth-order valence-electron chi connectivity index (χ4n) is 3.16. The lowest BCUT2D eigenvalue weighted by Crippen LogP contribution is -2.49. The SMILES string of the molecule is CC(C)(C)N1CCCCC(N)C1c1cccc(C#N)c1. The molecule has 1 aromatic carbocycles. The van der Waals surface area contributed by atoms with E-state index in [1.807, 2.05) is 18.2 Å². The summed E-state index contributed by atoms with van der Waals surface area (Å²) in [4.78, 5) is 2.50. The molecule has 1 fully saturated rings. The van der Waals surface area contributed by atoms with Gasteiger partial charge < -0.3 is 5.73 Å². The van der Waals surface area contributed by atoms with E-state index >= 15 is 0 Å². The van der Waals surface area contributed by atoms with Crippen LogP contribution in [-0.2, 0) is 0 Å². The molecular formula is C17H25N3. The van der Waals surface area contributed by atoms with E-state index in [4.69, 9.17) is 11.0 Å². The van der Waals surface area contributed by atoms with Crippen LogP contribution in [-0.4, -0.2) is 23.0 Å². The van der Waals surface area contributed by atoms with E-state index < -0.39 is 0 Å². The Hall–Kier alpha value is -1.37. The second-order valence-corrected chi connectivity index (χ2v) is 6.71. The number of hydrogen-bond acceptors (Lipinski definition) is 3. The van der Waals surface area contributed by atoms with Crippen molar-refractivity contribution in [3.8, 4) is 6.07 Å². The van der Waals surface area contributed by atoms with Crippen LogP contribution in [0.1, 0.15) is 57.2 Å². The predicted molar refractivity (Wildman–Crippen MR) is 82.2 cm³/mol. The lowest BCUT2D eigenvalue weighted by molar-refractivity contribution is 0.0755. The Morgan fingerprint density at radius 3 is 2.70 bits per heavy atom. The normalized spacial score (nSPS) is 24.9. The summed E-state index contributed by atoms with van der Waals surface area (Å²) in [5.41, 5.74) is 8.43. The Bertz CT molecular complexity index is 496. The summed E-state index contributed by atoms with van der Waals surface area (Å²) < 4.78 is 0. The van der Waals surface area contributed by atoms with E-state index in [-0.39, 0.29) is 17.6 Å². The molecular weight excluding hydrogens is 246 g/mol. The van der Waals surface area contributed by atoms with Crippen LogP contribution < -0.4 is 5.73 Å². The summed E-state index contributed by atoms with van der Waals surface area (Å²) in [7, 11) is 0. The summed E-state index contributed by atoms with van der Waals surface area (Å²) in [6.07, 6.45) is 3.43. The Labute approximate surface area is 122 Å². The minimum atomic E-state index is 0.0786. The first kappa shape index (κ1) is 15.0. The first-order chi connectivity index (χ1) is 9.43. The van der Waals surface area contributed by atoms with E-state index in [2.05, 4.69) is 37.8 Å². The number of hydrogen-bond donors (Lipinski definition) is 1. The van der Waals surface area contributed by atoms with E-state index in [1.165, 1.54) is 18.4 Å². The van der Waals surface area contributed by atoms with Crippen molar-refractivity contribution in [1.29, 1.82) is 5.26 Å². The average Bonchev–Trinajstić information content (AvgIpc) is 2.60. The predicted octanol–water partition coefficient (Wildman–Crippen LogP) is 3.21. The Morgan fingerprint density at radius 2 is 2.05 bits per heavy atom. The smallest absolute Gasteiger partial charge is 0.0991 e. The van der Waals surface area contributed by atoms with Gasteiger partial charge in [-0.25, -0.2) is 0 Å². The molecule has 0 amide bonds. The molecule has 0 spiro atoms. The third-order valence-corrected chi connectivity index (χ3v) is 4.15. The topological polar surface area (TPSA) is 53.0 Å². The fraction of sp³-hybridized carbons (Fsp3) is 0.588. The second kappa shape index (κ2) is 5.95. The number of benzene rings is 1. The van der Waals surface area contributed by atoms with Crippen molar-refractivity contribution in [3.63, 3.8) is 0 Å². The molecule has 0 aliphatic carbocycles. The van der Waals surface area contributed by atoms with Gasteiger partial charge in [0.25, 0.3) is 0 Å². The maximum Gasteiger partial charge on any atom is 0.0991 e. The molecule has 0 saturated carbocycles. The van der Waals surface area contributed by atoms with Crippen LogP contribution in [0, 0.1) is 11.3 Å². The van der Waals surface area contributed by atoms with Gasteiger partial charge in [0.2, 0.25) is 0 Å². The standard InChI is InChI=1S/C17H25N3/c1-17(2,3)20-10-5-4-9-15(19)16(20)14-8-6-7-13(11-14)12-18/h6-8,11,15-16H,4-5,9-10,19H2,1-3H3. The van der Waals surface area contributed by atoms with Crippen LogP contribution in [0.25, 0.3) is 0 Å². The number of rotatable bonds is 1. The van der Waals surface area contributed by atoms with E-state index in [0.29, 0.717) is 5.56 Å². The molecule has 1 aliphatic rings.